The topological polar surface area (TPSA) is 18.5 Å². The van der Waals surface area contributed by atoms with Crippen LogP contribution in [0.1, 0.15) is 17.5 Å². The largest absolute Gasteiger partial charge is 0.366 e. The Balaban J connectivity index is 2.31. The number of aryl methyl sites for hydroxylation is 2. The number of nitrogens with one attached hydrogen (secondary N) is 1. The van der Waals surface area contributed by atoms with Gasteiger partial charge in [0.05, 0.1) is 6.04 Å². The van der Waals surface area contributed by atoms with Gasteiger partial charge in [0, 0.05) is 25.3 Å². The summed E-state index contributed by atoms with van der Waals surface area (Å²) < 4.78 is 0. The summed E-state index contributed by atoms with van der Waals surface area (Å²) in [6.45, 7) is 8.91. The highest BCUT2D eigenvalue weighted by atomic mass is 15.2. The monoisotopic (exact) mass is 261 g/mol. The molecule has 2 rings (SSSR count). The lowest BCUT2D eigenvalue weighted by atomic mass is 10.1. The van der Waals surface area contributed by atoms with E-state index in [1.54, 1.807) is 0 Å². The third-order valence-corrected chi connectivity index (χ3v) is 3.88. The molecule has 3 heteroatoms. The second-order valence-corrected chi connectivity index (χ2v) is 5.91. The molecule has 106 valence electrons. The summed E-state index contributed by atoms with van der Waals surface area (Å²) in [6, 6.07) is 7.17. The number of para-hydroxylation sites is 1. The molecule has 1 saturated heterocycles. The molecule has 0 spiro atoms. The first-order chi connectivity index (χ1) is 9.09. The summed E-state index contributed by atoms with van der Waals surface area (Å²) in [5, 5.41) is 3.57. The molecular formula is C16H27N3. The van der Waals surface area contributed by atoms with Crippen molar-refractivity contribution in [3.8, 4) is 0 Å². The fraction of sp³-hybridized carbons (Fsp3) is 0.625. The van der Waals surface area contributed by atoms with E-state index >= 15 is 0 Å². The number of nitrogens with zero attached hydrogens (tertiary/aromatic N) is 2. The number of likely N-dealkylation sites (N-methyl/N-ethyl adjacent to an activating group) is 1. The van der Waals surface area contributed by atoms with Crippen LogP contribution in [0, 0.1) is 13.8 Å². The molecule has 0 radical (unpaired) electrons. The molecule has 1 heterocycles. The maximum atomic E-state index is 3.57. The second-order valence-electron chi connectivity index (χ2n) is 5.91. The first kappa shape index (κ1) is 14.4. The third-order valence-electron chi connectivity index (χ3n) is 3.88. The van der Waals surface area contributed by atoms with Gasteiger partial charge >= 0.3 is 0 Å². The van der Waals surface area contributed by atoms with E-state index in [4.69, 9.17) is 0 Å². The maximum absolute atomic E-state index is 3.57. The lowest BCUT2D eigenvalue weighted by molar-refractivity contribution is 0.361. The molecule has 1 aromatic rings. The summed E-state index contributed by atoms with van der Waals surface area (Å²) in [6.07, 6.45) is 1.22. The van der Waals surface area contributed by atoms with Crippen LogP contribution >= 0.6 is 0 Å². The van der Waals surface area contributed by atoms with Gasteiger partial charge in [-0.15, -0.1) is 0 Å². The second kappa shape index (κ2) is 6.40. The van der Waals surface area contributed by atoms with E-state index in [1.807, 2.05) is 0 Å². The van der Waals surface area contributed by atoms with E-state index < -0.39 is 0 Å². The predicted molar refractivity (Wildman–Crippen MR) is 83.1 cm³/mol. The molecule has 1 fully saturated rings. The van der Waals surface area contributed by atoms with Crippen molar-refractivity contribution in [2.45, 2.75) is 26.3 Å². The number of hydrogen-bond donors (Lipinski definition) is 1. The molecule has 1 aliphatic heterocycles. The van der Waals surface area contributed by atoms with Gasteiger partial charge in [-0.05, 0) is 52.0 Å². The lowest BCUT2D eigenvalue weighted by Crippen LogP contribution is -2.46. The van der Waals surface area contributed by atoms with Gasteiger partial charge in [-0.2, -0.15) is 0 Å². The van der Waals surface area contributed by atoms with E-state index in [0.717, 1.165) is 26.2 Å². The van der Waals surface area contributed by atoms with Crippen LogP contribution in [0.3, 0.4) is 0 Å². The zero-order valence-corrected chi connectivity index (χ0v) is 12.7. The highest BCUT2D eigenvalue weighted by molar-refractivity contribution is 5.59. The summed E-state index contributed by atoms with van der Waals surface area (Å²) in [4.78, 5) is 4.91. The van der Waals surface area contributed by atoms with Gasteiger partial charge in [0.2, 0.25) is 0 Å². The Kier molecular flexibility index (Phi) is 4.83. The first-order valence-electron chi connectivity index (χ1n) is 7.28. The van der Waals surface area contributed by atoms with E-state index in [9.17, 15) is 0 Å². The van der Waals surface area contributed by atoms with Gasteiger partial charge in [0.15, 0.2) is 0 Å². The summed E-state index contributed by atoms with van der Waals surface area (Å²) >= 11 is 0. The number of benzene rings is 1. The fourth-order valence-electron chi connectivity index (χ4n) is 3.07. The first-order valence-corrected chi connectivity index (χ1v) is 7.28. The normalized spacial score (nSPS) is 20.7. The Morgan fingerprint density at radius 3 is 2.58 bits per heavy atom. The van der Waals surface area contributed by atoms with Crippen LogP contribution in [0.25, 0.3) is 0 Å². The van der Waals surface area contributed by atoms with Crippen molar-refractivity contribution in [1.29, 1.82) is 0 Å². The highest BCUT2D eigenvalue weighted by Gasteiger charge is 2.23. The Bertz CT molecular complexity index is 394. The van der Waals surface area contributed by atoms with Crippen molar-refractivity contribution in [2.75, 3.05) is 45.2 Å². The average molecular weight is 261 g/mol. The van der Waals surface area contributed by atoms with Crippen LogP contribution in [0.15, 0.2) is 18.2 Å². The fourth-order valence-corrected chi connectivity index (χ4v) is 3.07. The minimum Gasteiger partial charge on any atom is -0.366 e. The molecule has 0 aliphatic carbocycles. The van der Waals surface area contributed by atoms with Gasteiger partial charge in [-0.25, -0.2) is 0 Å². The van der Waals surface area contributed by atoms with Crippen LogP contribution in [0.5, 0.6) is 0 Å². The van der Waals surface area contributed by atoms with E-state index in [-0.39, 0.29) is 0 Å². The van der Waals surface area contributed by atoms with Gasteiger partial charge in [-0.3, -0.25) is 0 Å². The van der Waals surface area contributed by atoms with Crippen molar-refractivity contribution in [3.63, 3.8) is 0 Å². The quantitative estimate of drug-likeness (QED) is 0.898. The Morgan fingerprint density at radius 2 is 1.95 bits per heavy atom. The smallest absolute Gasteiger partial charge is 0.0541 e. The minimum absolute atomic E-state index is 0.553. The van der Waals surface area contributed by atoms with Crippen molar-refractivity contribution in [3.05, 3.63) is 29.3 Å². The molecule has 1 aromatic carbocycles. The zero-order valence-electron chi connectivity index (χ0n) is 12.7. The van der Waals surface area contributed by atoms with Crippen molar-refractivity contribution >= 4 is 5.69 Å². The molecule has 0 aromatic heterocycles. The van der Waals surface area contributed by atoms with Crippen LogP contribution in [-0.4, -0.2) is 51.2 Å². The number of anilines is 1. The number of rotatable bonds is 3. The molecule has 0 bridgehead atoms. The maximum Gasteiger partial charge on any atom is 0.0541 e. The third kappa shape index (κ3) is 3.48. The molecule has 1 N–H and O–H groups in total. The van der Waals surface area contributed by atoms with E-state index in [2.05, 4.69) is 61.3 Å². The molecule has 0 saturated carbocycles. The summed E-state index contributed by atoms with van der Waals surface area (Å²) in [7, 11) is 4.32. The zero-order chi connectivity index (χ0) is 13.8. The van der Waals surface area contributed by atoms with Crippen molar-refractivity contribution in [2.24, 2.45) is 0 Å². The molecular weight excluding hydrogens is 234 g/mol. The van der Waals surface area contributed by atoms with Gasteiger partial charge in [0.1, 0.15) is 0 Å². The Morgan fingerprint density at radius 1 is 1.26 bits per heavy atom. The Hall–Kier alpha value is -1.06. The van der Waals surface area contributed by atoms with E-state index in [0.29, 0.717) is 6.04 Å². The predicted octanol–water partition coefficient (Wildman–Crippen LogP) is 2.03. The van der Waals surface area contributed by atoms with Gasteiger partial charge in [0.25, 0.3) is 0 Å². The molecule has 1 aliphatic rings. The van der Waals surface area contributed by atoms with Crippen molar-refractivity contribution in [1.82, 2.24) is 10.2 Å². The Labute approximate surface area is 117 Å². The molecule has 0 amide bonds. The highest BCUT2D eigenvalue weighted by Crippen LogP contribution is 2.27. The van der Waals surface area contributed by atoms with Gasteiger partial charge in [-0.1, -0.05) is 18.2 Å². The van der Waals surface area contributed by atoms with E-state index in [1.165, 1.54) is 23.2 Å². The minimum atomic E-state index is 0.553. The summed E-state index contributed by atoms with van der Waals surface area (Å²) in [5.74, 6) is 0. The van der Waals surface area contributed by atoms with Crippen molar-refractivity contribution < 1.29 is 0 Å². The molecule has 3 nitrogen and oxygen atoms in total. The average Bonchev–Trinajstić information content (AvgIpc) is 2.55. The summed E-state index contributed by atoms with van der Waals surface area (Å²) in [5.41, 5.74) is 4.23. The standard InChI is InChI=1S/C16H27N3/c1-13-7-5-8-14(2)16(13)19-10-6-9-17-11-15(19)12-18(3)4/h5,7-8,15,17H,6,9-12H2,1-4H3. The van der Waals surface area contributed by atoms with Crippen LogP contribution in [0.2, 0.25) is 0 Å². The van der Waals surface area contributed by atoms with Crippen LogP contribution < -0.4 is 10.2 Å². The van der Waals surface area contributed by atoms with Crippen LogP contribution in [-0.2, 0) is 0 Å². The SMILES string of the molecule is Cc1cccc(C)c1N1CCCNCC1CN(C)C. The molecule has 1 unspecified atom stereocenters. The lowest BCUT2D eigenvalue weighted by Gasteiger charge is -2.35. The van der Waals surface area contributed by atoms with Crippen LogP contribution in [0.4, 0.5) is 5.69 Å². The molecule has 19 heavy (non-hydrogen) atoms. The van der Waals surface area contributed by atoms with Gasteiger partial charge < -0.3 is 15.1 Å². The number of hydrogen-bond acceptors (Lipinski definition) is 3. The molecule has 1 atom stereocenters.